The third-order valence-electron chi connectivity index (χ3n) is 3.82. The third-order valence-corrected chi connectivity index (χ3v) is 5.02. The summed E-state index contributed by atoms with van der Waals surface area (Å²) in [6.45, 7) is 6.64. The van der Waals surface area contributed by atoms with Gasteiger partial charge in [-0.15, -0.1) is 10.2 Å². The van der Waals surface area contributed by atoms with Gasteiger partial charge in [-0.25, -0.2) is 0 Å². The van der Waals surface area contributed by atoms with E-state index in [-0.39, 0.29) is 17.7 Å². The summed E-state index contributed by atoms with van der Waals surface area (Å²) in [5.41, 5.74) is 0.510. The van der Waals surface area contributed by atoms with Gasteiger partial charge >= 0.3 is 5.97 Å². The maximum absolute atomic E-state index is 12.6. The minimum Gasteiger partial charge on any atom is -0.481 e. The van der Waals surface area contributed by atoms with Crippen LogP contribution in [0.1, 0.15) is 49.4 Å². The van der Waals surface area contributed by atoms with Gasteiger partial charge in [-0.1, -0.05) is 37.2 Å². The largest absolute Gasteiger partial charge is 0.481 e. The first kappa shape index (κ1) is 21.2. The molecule has 0 bridgehead atoms. The summed E-state index contributed by atoms with van der Waals surface area (Å²) < 4.78 is 1.85. The quantitative estimate of drug-likeness (QED) is 0.612. The van der Waals surface area contributed by atoms with Crippen molar-refractivity contribution in [2.45, 2.75) is 44.9 Å². The monoisotopic (exact) mass is 410 g/mol. The Kier molecular flexibility index (Phi) is 7.67. The summed E-state index contributed by atoms with van der Waals surface area (Å²) in [7, 11) is 0. The molecule has 1 aromatic heterocycles. The molecule has 0 aliphatic rings. The van der Waals surface area contributed by atoms with Gasteiger partial charge < -0.3 is 15.0 Å². The summed E-state index contributed by atoms with van der Waals surface area (Å²) in [6, 6.07) is 6.34. The lowest BCUT2D eigenvalue weighted by Crippen LogP contribution is -2.31. The van der Waals surface area contributed by atoms with E-state index in [9.17, 15) is 9.59 Å². The SMILES string of the molecule is CCn1c(SCC(=O)O)nnc1[C@@H](CC(C)C)NC(=O)c1ccc(Cl)cc1. The Morgan fingerprint density at radius 3 is 2.48 bits per heavy atom. The van der Waals surface area contributed by atoms with Crippen molar-refractivity contribution in [3.05, 3.63) is 40.7 Å². The molecule has 0 saturated carbocycles. The molecule has 2 N–H and O–H groups in total. The van der Waals surface area contributed by atoms with Gasteiger partial charge in [0.15, 0.2) is 11.0 Å². The first-order chi connectivity index (χ1) is 12.8. The van der Waals surface area contributed by atoms with Gasteiger partial charge in [0.2, 0.25) is 0 Å². The number of thioether (sulfide) groups is 1. The summed E-state index contributed by atoms with van der Waals surface area (Å²) in [6.07, 6.45) is 0.682. The topological polar surface area (TPSA) is 97.1 Å². The Hall–Kier alpha value is -2.06. The second-order valence-corrected chi connectivity index (χ2v) is 7.81. The molecule has 2 rings (SSSR count). The summed E-state index contributed by atoms with van der Waals surface area (Å²) in [5.74, 6) is -0.284. The molecule has 1 aromatic carbocycles. The van der Waals surface area contributed by atoms with E-state index in [0.717, 1.165) is 11.8 Å². The summed E-state index contributed by atoms with van der Waals surface area (Å²) in [4.78, 5) is 23.5. The molecule has 27 heavy (non-hydrogen) atoms. The van der Waals surface area contributed by atoms with Crippen molar-refractivity contribution in [2.75, 3.05) is 5.75 Å². The van der Waals surface area contributed by atoms with Crippen LogP contribution in [0.5, 0.6) is 0 Å². The van der Waals surface area contributed by atoms with E-state index in [4.69, 9.17) is 16.7 Å². The highest BCUT2D eigenvalue weighted by Crippen LogP contribution is 2.25. The highest BCUT2D eigenvalue weighted by Gasteiger charge is 2.24. The summed E-state index contributed by atoms with van der Waals surface area (Å²) >= 11 is 7.00. The molecule has 0 aliphatic carbocycles. The molecule has 0 spiro atoms. The number of aliphatic carboxylic acids is 1. The van der Waals surface area contributed by atoms with E-state index in [2.05, 4.69) is 29.4 Å². The van der Waals surface area contributed by atoms with Crippen LogP contribution >= 0.6 is 23.4 Å². The molecule has 1 atom stereocenters. The smallest absolute Gasteiger partial charge is 0.313 e. The minimum atomic E-state index is -0.915. The van der Waals surface area contributed by atoms with Crippen LogP contribution in [0.25, 0.3) is 0 Å². The van der Waals surface area contributed by atoms with E-state index in [0.29, 0.717) is 40.5 Å². The van der Waals surface area contributed by atoms with Crippen LogP contribution in [-0.4, -0.2) is 37.5 Å². The lowest BCUT2D eigenvalue weighted by Gasteiger charge is -2.21. The normalized spacial score (nSPS) is 12.2. The number of aromatic nitrogens is 3. The van der Waals surface area contributed by atoms with Crippen LogP contribution in [0, 0.1) is 5.92 Å². The average molecular weight is 411 g/mol. The highest BCUT2D eigenvalue weighted by atomic mass is 35.5. The van der Waals surface area contributed by atoms with E-state index in [1.54, 1.807) is 24.3 Å². The predicted molar refractivity (Wildman–Crippen MR) is 105 cm³/mol. The lowest BCUT2D eigenvalue weighted by atomic mass is 10.0. The maximum atomic E-state index is 12.6. The zero-order chi connectivity index (χ0) is 20.0. The minimum absolute atomic E-state index is 0.0931. The van der Waals surface area contributed by atoms with E-state index in [1.165, 1.54) is 0 Å². The average Bonchev–Trinajstić information content (AvgIpc) is 3.02. The van der Waals surface area contributed by atoms with Crippen LogP contribution in [-0.2, 0) is 11.3 Å². The van der Waals surface area contributed by atoms with Crippen molar-refractivity contribution in [3.63, 3.8) is 0 Å². The van der Waals surface area contributed by atoms with Crippen molar-refractivity contribution >= 4 is 35.2 Å². The van der Waals surface area contributed by atoms with Gasteiger partial charge in [-0.3, -0.25) is 9.59 Å². The van der Waals surface area contributed by atoms with Crippen molar-refractivity contribution in [1.29, 1.82) is 0 Å². The molecule has 7 nitrogen and oxygen atoms in total. The van der Waals surface area contributed by atoms with Gasteiger partial charge in [0.05, 0.1) is 11.8 Å². The van der Waals surface area contributed by atoms with Gasteiger partial charge in [-0.2, -0.15) is 0 Å². The van der Waals surface area contributed by atoms with Crippen LogP contribution in [0.3, 0.4) is 0 Å². The number of hydrogen-bond acceptors (Lipinski definition) is 5. The third kappa shape index (κ3) is 5.97. The van der Waals surface area contributed by atoms with E-state index in [1.807, 2.05) is 11.5 Å². The molecule has 0 radical (unpaired) electrons. The molecule has 2 aromatic rings. The standard InChI is InChI=1S/C18H23ClN4O3S/c1-4-23-16(21-22-18(23)27-10-15(24)25)14(9-11(2)3)20-17(26)12-5-7-13(19)8-6-12/h5-8,11,14H,4,9-10H2,1-3H3,(H,20,26)(H,24,25)/t14-/m1/s1. The molecule has 1 amide bonds. The Bertz CT molecular complexity index is 792. The zero-order valence-electron chi connectivity index (χ0n) is 15.5. The molecular formula is C18H23ClN4O3S. The molecule has 1 heterocycles. The first-order valence-electron chi connectivity index (χ1n) is 8.65. The predicted octanol–water partition coefficient (Wildman–Crippen LogP) is 3.65. The molecule has 0 saturated heterocycles. The van der Waals surface area contributed by atoms with E-state index < -0.39 is 5.97 Å². The molecule has 0 fully saturated rings. The van der Waals surface area contributed by atoms with Gasteiger partial charge in [-0.05, 0) is 43.5 Å². The van der Waals surface area contributed by atoms with Crippen molar-refractivity contribution in [1.82, 2.24) is 20.1 Å². The van der Waals surface area contributed by atoms with Crippen molar-refractivity contribution in [2.24, 2.45) is 5.92 Å². The number of halogens is 1. The van der Waals surface area contributed by atoms with Crippen molar-refractivity contribution in [3.8, 4) is 0 Å². The Labute approximate surface area is 167 Å². The van der Waals surface area contributed by atoms with Crippen LogP contribution in [0.4, 0.5) is 0 Å². The van der Waals surface area contributed by atoms with Crippen LogP contribution in [0.15, 0.2) is 29.4 Å². The number of carboxylic acids is 1. The van der Waals surface area contributed by atoms with Gasteiger partial charge in [0.25, 0.3) is 5.91 Å². The number of nitrogens with zero attached hydrogens (tertiary/aromatic N) is 3. The van der Waals surface area contributed by atoms with Gasteiger partial charge in [0.1, 0.15) is 0 Å². The number of carbonyl (C=O) groups excluding carboxylic acids is 1. The number of hydrogen-bond donors (Lipinski definition) is 2. The first-order valence-corrected chi connectivity index (χ1v) is 10.0. The zero-order valence-corrected chi connectivity index (χ0v) is 17.0. The lowest BCUT2D eigenvalue weighted by molar-refractivity contribution is -0.133. The second-order valence-electron chi connectivity index (χ2n) is 6.43. The highest BCUT2D eigenvalue weighted by molar-refractivity contribution is 7.99. The fraction of sp³-hybridized carbons (Fsp3) is 0.444. The van der Waals surface area contributed by atoms with Crippen LogP contribution in [0.2, 0.25) is 5.02 Å². The van der Waals surface area contributed by atoms with E-state index >= 15 is 0 Å². The Balaban J connectivity index is 2.26. The Morgan fingerprint density at radius 2 is 1.93 bits per heavy atom. The number of benzene rings is 1. The number of nitrogens with one attached hydrogen (secondary N) is 1. The molecule has 0 aliphatic heterocycles. The maximum Gasteiger partial charge on any atom is 0.313 e. The molecule has 146 valence electrons. The van der Waals surface area contributed by atoms with Crippen molar-refractivity contribution < 1.29 is 14.7 Å². The number of rotatable bonds is 9. The Morgan fingerprint density at radius 1 is 1.26 bits per heavy atom. The molecular weight excluding hydrogens is 388 g/mol. The summed E-state index contributed by atoms with van der Waals surface area (Å²) in [5, 5.41) is 21.4. The second kappa shape index (κ2) is 9.75. The fourth-order valence-electron chi connectivity index (χ4n) is 2.63. The molecule has 9 heteroatoms. The molecule has 0 unspecified atom stereocenters. The fourth-order valence-corrected chi connectivity index (χ4v) is 3.49. The van der Waals surface area contributed by atoms with Crippen LogP contribution < -0.4 is 5.32 Å². The van der Waals surface area contributed by atoms with Gasteiger partial charge in [0, 0.05) is 17.1 Å². The number of amides is 1. The number of carbonyl (C=O) groups is 2. The number of carboxylic acid groups (broad SMARTS) is 1.